The van der Waals surface area contributed by atoms with Crippen LogP contribution in [0, 0.1) is 11.8 Å². The van der Waals surface area contributed by atoms with Crippen LogP contribution in [0.1, 0.15) is 25.8 Å². The van der Waals surface area contributed by atoms with Crippen LogP contribution in [0.3, 0.4) is 0 Å². The number of hydrogen-bond acceptors (Lipinski definition) is 1. The molecule has 1 nitrogen and oxygen atoms in total. The largest absolute Gasteiger partial charge is 0.370 e. The first-order valence-corrected chi connectivity index (χ1v) is 7.10. The quantitative estimate of drug-likeness (QED) is 0.713. The molecule has 1 heterocycles. The van der Waals surface area contributed by atoms with E-state index in [9.17, 15) is 0 Å². The Morgan fingerprint density at radius 1 is 1.24 bits per heavy atom. The molecule has 1 fully saturated rings. The molecule has 94 valence electrons. The molecule has 3 heteroatoms. The normalized spacial score (nSPS) is 25.1. The summed E-state index contributed by atoms with van der Waals surface area (Å²) < 4.78 is 0. The zero-order valence-corrected chi connectivity index (χ0v) is 11.9. The van der Waals surface area contributed by atoms with Gasteiger partial charge in [-0.1, -0.05) is 31.5 Å². The van der Waals surface area contributed by atoms with E-state index in [-0.39, 0.29) is 0 Å². The Hall–Kier alpha value is -0.400. The van der Waals surface area contributed by atoms with E-state index in [1.807, 2.05) is 6.07 Å². The molecule has 0 N–H and O–H groups in total. The lowest BCUT2D eigenvalue weighted by molar-refractivity contribution is 0.357. The molecule has 1 saturated heterocycles. The second kappa shape index (κ2) is 5.49. The first-order chi connectivity index (χ1) is 8.10. The van der Waals surface area contributed by atoms with Crippen LogP contribution >= 0.6 is 23.2 Å². The molecule has 2 rings (SSSR count). The summed E-state index contributed by atoms with van der Waals surface area (Å²) in [5.74, 6) is 2.00. The lowest BCUT2D eigenvalue weighted by atomic mass is 9.91. The van der Waals surface area contributed by atoms with Gasteiger partial charge < -0.3 is 4.90 Å². The summed E-state index contributed by atoms with van der Waals surface area (Å²) in [6, 6.07) is 6.15. The zero-order chi connectivity index (χ0) is 12.4. The van der Waals surface area contributed by atoms with Gasteiger partial charge in [0.25, 0.3) is 0 Å². The van der Waals surface area contributed by atoms with E-state index in [4.69, 9.17) is 23.2 Å². The number of alkyl halides is 1. The van der Waals surface area contributed by atoms with Gasteiger partial charge in [0.1, 0.15) is 0 Å². The standard InChI is InChI=1S/C14H19Cl2N/c1-10-5-11(2)9-17(8-10)14-4-3-12(7-15)6-13(14)16/h3-4,6,10-11H,5,7-9H2,1-2H3. The van der Waals surface area contributed by atoms with Crippen LogP contribution in [0.5, 0.6) is 0 Å². The Kier molecular flexibility index (Phi) is 4.22. The molecule has 1 aromatic rings. The number of halogens is 2. The van der Waals surface area contributed by atoms with Gasteiger partial charge in [0.05, 0.1) is 10.7 Å². The summed E-state index contributed by atoms with van der Waals surface area (Å²) in [6.07, 6.45) is 1.31. The molecule has 2 atom stereocenters. The lowest BCUT2D eigenvalue weighted by Gasteiger charge is -2.37. The highest BCUT2D eigenvalue weighted by molar-refractivity contribution is 6.33. The molecule has 1 aliphatic heterocycles. The van der Waals surface area contributed by atoms with Gasteiger partial charge in [-0.25, -0.2) is 0 Å². The maximum Gasteiger partial charge on any atom is 0.0642 e. The van der Waals surface area contributed by atoms with Crippen molar-refractivity contribution < 1.29 is 0 Å². The Balaban J connectivity index is 2.21. The maximum atomic E-state index is 6.34. The van der Waals surface area contributed by atoms with Gasteiger partial charge in [0.15, 0.2) is 0 Å². The highest BCUT2D eigenvalue weighted by atomic mass is 35.5. The number of piperidine rings is 1. The predicted molar refractivity (Wildman–Crippen MR) is 76.2 cm³/mol. The number of benzene rings is 1. The third-order valence-electron chi connectivity index (χ3n) is 3.38. The van der Waals surface area contributed by atoms with E-state index in [0.29, 0.717) is 5.88 Å². The van der Waals surface area contributed by atoms with Crippen molar-refractivity contribution in [3.63, 3.8) is 0 Å². The summed E-state index contributed by atoms with van der Waals surface area (Å²) in [5.41, 5.74) is 2.23. The van der Waals surface area contributed by atoms with Crippen molar-refractivity contribution in [2.75, 3.05) is 18.0 Å². The fraction of sp³-hybridized carbons (Fsp3) is 0.571. The summed E-state index contributed by atoms with van der Waals surface area (Å²) in [5, 5.41) is 0.824. The molecule has 0 radical (unpaired) electrons. The van der Waals surface area contributed by atoms with Crippen LogP contribution in [-0.2, 0) is 5.88 Å². The van der Waals surface area contributed by atoms with E-state index in [2.05, 4.69) is 30.9 Å². The Labute approximate surface area is 114 Å². The smallest absolute Gasteiger partial charge is 0.0642 e. The van der Waals surface area contributed by atoms with Gasteiger partial charge >= 0.3 is 0 Å². The molecular weight excluding hydrogens is 253 g/mol. The van der Waals surface area contributed by atoms with Gasteiger partial charge in [-0.15, -0.1) is 11.6 Å². The molecule has 0 aliphatic carbocycles. The third-order valence-corrected chi connectivity index (χ3v) is 3.99. The molecule has 0 aromatic heterocycles. The van der Waals surface area contributed by atoms with E-state index in [1.165, 1.54) is 6.42 Å². The molecule has 1 aromatic carbocycles. The third kappa shape index (κ3) is 3.08. The average molecular weight is 272 g/mol. The first-order valence-electron chi connectivity index (χ1n) is 6.19. The van der Waals surface area contributed by atoms with Crippen LogP contribution in [0.4, 0.5) is 5.69 Å². The molecule has 0 spiro atoms. The molecular formula is C14H19Cl2N. The van der Waals surface area contributed by atoms with Crippen molar-refractivity contribution in [2.45, 2.75) is 26.1 Å². The van der Waals surface area contributed by atoms with Crippen LogP contribution in [0.15, 0.2) is 18.2 Å². The second-order valence-electron chi connectivity index (χ2n) is 5.27. The topological polar surface area (TPSA) is 3.24 Å². The van der Waals surface area contributed by atoms with Crippen molar-refractivity contribution in [3.05, 3.63) is 28.8 Å². The monoisotopic (exact) mass is 271 g/mol. The molecule has 0 saturated carbocycles. The van der Waals surface area contributed by atoms with Crippen LogP contribution in [-0.4, -0.2) is 13.1 Å². The number of anilines is 1. The minimum atomic E-state index is 0.521. The number of nitrogens with zero attached hydrogens (tertiary/aromatic N) is 1. The first kappa shape index (κ1) is 13.0. The van der Waals surface area contributed by atoms with Crippen LogP contribution < -0.4 is 4.90 Å². The van der Waals surface area contributed by atoms with Crippen LogP contribution in [0.25, 0.3) is 0 Å². The molecule has 1 aliphatic rings. The van der Waals surface area contributed by atoms with Gasteiger partial charge in [-0.3, -0.25) is 0 Å². The Morgan fingerprint density at radius 2 is 1.88 bits per heavy atom. The summed E-state index contributed by atoms with van der Waals surface area (Å²) in [6.45, 7) is 6.82. The molecule has 0 amide bonds. The van der Waals surface area contributed by atoms with Gasteiger partial charge in [0, 0.05) is 19.0 Å². The van der Waals surface area contributed by atoms with Crippen molar-refractivity contribution >= 4 is 28.9 Å². The van der Waals surface area contributed by atoms with Crippen molar-refractivity contribution in [3.8, 4) is 0 Å². The van der Waals surface area contributed by atoms with E-state index < -0.39 is 0 Å². The minimum Gasteiger partial charge on any atom is -0.370 e. The minimum absolute atomic E-state index is 0.521. The number of rotatable bonds is 2. The Bertz CT molecular complexity index is 382. The summed E-state index contributed by atoms with van der Waals surface area (Å²) in [4.78, 5) is 2.40. The maximum absolute atomic E-state index is 6.34. The zero-order valence-electron chi connectivity index (χ0n) is 10.4. The fourth-order valence-electron chi connectivity index (χ4n) is 2.75. The van der Waals surface area contributed by atoms with Crippen molar-refractivity contribution in [1.82, 2.24) is 0 Å². The Morgan fingerprint density at radius 3 is 2.41 bits per heavy atom. The predicted octanol–water partition coefficient (Wildman–Crippen LogP) is 4.56. The molecule has 17 heavy (non-hydrogen) atoms. The fourth-order valence-corrected chi connectivity index (χ4v) is 3.24. The van der Waals surface area contributed by atoms with Crippen molar-refractivity contribution in [1.29, 1.82) is 0 Å². The highest BCUT2D eigenvalue weighted by Crippen LogP contribution is 2.32. The SMILES string of the molecule is CC1CC(C)CN(c2ccc(CCl)cc2Cl)C1. The second-order valence-corrected chi connectivity index (χ2v) is 5.94. The average Bonchev–Trinajstić information content (AvgIpc) is 2.27. The highest BCUT2D eigenvalue weighted by Gasteiger charge is 2.23. The van der Waals surface area contributed by atoms with Crippen molar-refractivity contribution in [2.24, 2.45) is 11.8 Å². The van der Waals surface area contributed by atoms with E-state index >= 15 is 0 Å². The lowest BCUT2D eigenvalue weighted by Crippen LogP contribution is -2.38. The summed E-state index contributed by atoms with van der Waals surface area (Å²) >= 11 is 12.1. The van der Waals surface area contributed by atoms with Gasteiger partial charge in [-0.05, 0) is 36.0 Å². The molecule has 2 unspecified atom stereocenters. The van der Waals surface area contributed by atoms with Gasteiger partial charge in [-0.2, -0.15) is 0 Å². The van der Waals surface area contributed by atoms with Crippen LogP contribution in [0.2, 0.25) is 5.02 Å². The summed E-state index contributed by atoms with van der Waals surface area (Å²) in [7, 11) is 0. The molecule has 0 bridgehead atoms. The van der Waals surface area contributed by atoms with E-state index in [0.717, 1.165) is 41.2 Å². The van der Waals surface area contributed by atoms with Gasteiger partial charge in [0.2, 0.25) is 0 Å². The van der Waals surface area contributed by atoms with E-state index in [1.54, 1.807) is 0 Å². The number of hydrogen-bond donors (Lipinski definition) is 0.